The first-order chi connectivity index (χ1) is 13.3. The van der Waals surface area contributed by atoms with Crippen LogP contribution >= 0.6 is 23.2 Å². The average molecular weight is 439 g/mol. The van der Waals surface area contributed by atoms with Crippen LogP contribution in [0.2, 0.25) is 10.0 Å². The fourth-order valence-corrected chi connectivity index (χ4v) is 5.58. The highest BCUT2D eigenvalue weighted by molar-refractivity contribution is 7.89. The van der Waals surface area contributed by atoms with Crippen molar-refractivity contribution >= 4 is 39.1 Å². The first kappa shape index (κ1) is 19.7. The van der Waals surface area contributed by atoms with Crippen molar-refractivity contribution in [1.82, 2.24) is 9.21 Å². The zero-order valence-corrected chi connectivity index (χ0v) is 17.5. The van der Waals surface area contributed by atoms with E-state index in [9.17, 15) is 13.2 Å². The normalized spacial score (nSPS) is 19.4. The Labute approximate surface area is 174 Å². The van der Waals surface area contributed by atoms with Crippen LogP contribution in [-0.4, -0.2) is 49.7 Å². The van der Waals surface area contributed by atoms with Gasteiger partial charge in [0.15, 0.2) is 0 Å². The molecule has 1 amide bonds. The van der Waals surface area contributed by atoms with Crippen LogP contribution in [0.1, 0.15) is 18.4 Å². The molecule has 2 aromatic carbocycles. The van der Waals surface area contributed by atoms with Gasteiger partial charge in [-0.2, -0.15) is 4.31 Å². The summed E-state index contributed by atoms with van der Waals surface area (Å²) in [6, 6.07) is 13.7. The summed E-state index contributed by atoms with van der Waals surface area (Å²) in [5.41, 5.74) is 0.509. The second-order valence-electron chi connectivity index (χ2n) is 7.24. The van der Waals surface area contributed by atoms with Gasteiger partial charge in [-0.15, -0.1) is 0 Å². The number of halogens is 2. The Morgan fingerprint density at radius 1 is 0.893 bits per heavy atom. The van der Waals surface area contributed by atoms with Gasteiger partial charge in [0, 0.05) is 36.2 Å². The maximum absolute atomic E-state index is 13.1. The largest absolute Gasteiger partial charge is 0.339 e. The third kappa shape index (κ3) is 3.54. The van der Waals surface area contributed by atoms with E-state index in [4.69, 9.17) is 23.2 Å². The van der Waals surface area contributed by atoms with Crippen molar-refractivity contribution in [2.24, 2.45) is 0 Å². The van der Waals surface area contributed by atoms with E-state index in [0.29, 0.717) is 23.1 Å². The minimum Gasteiger partial charge on any atom is -0.339 e. The fraction of sp³-hybridized carbons (Fsp3) is 0.350. The van der Waals surface area contributed by atoms with Gasteiger partial charge in [-0.1, -0.05) is 41.4 Å². The molecule has 0 bridgehead atoms. The second kappa shape index (κ2) is 7.34. The molecule has 0 aromatic heterocycles. The summed E-state index contributed by atoms with van der Waals surface area (Å²) >= 11 is 11.9. The Kier molecular flexibility index (Phi) is 5.16. The highest BCUT2D eigenvalue weighted by Gasteiger charge is 2.53. The van der Waals surface area contributed by atoms with Gasteiger partial charge in [0.25, 0.3) is 0 Å². The quantitative estimate of drug-likeness (QED) is 0.732. The Balaban J connectivity index is 1.46. The molecule has 1 saturated carbocycles. The summed E-state index contributed by atoms with van der Waals surface area (Å²) < 4.78 is 27.1. The average Bonchev–Trinajstić information content (AvgIpc) is 3.50. The molecule has 1 saturated heterocycles. The van der Waals surface area contributed by atoms with Gasteiger partial charge in [0.1, 0.15) is 0 Å². The monoisotopic (exact) mass is 438 g/mol. The summed E-state index contributed by atoms with van der Waals surface area (Å²) in [4.78, 5) is 15.1. The third-order valence-electron chi connectivity index (χ3n) is 5.52. The number of sulfonamides is 1. The predicted molar refractivity (Wildman–Crippen MR) is 109 cm³/mol. The standard InChI is InChI=1S/C20H20Cl2N2O3S/c21-16-6-4-15(5-7-16)20(8-9-20)19(25)23-10-12-24(13-11-23)28(26,27)18-3-1-2-17(22)14-18/h1-7,14H,8-13H2. The number of hydrogen-bond donors (Lipinski definition) is 0. The lowest BCUT2D eigenvalue weighted by Gasteiger charge is -2.36. The fourth-order valence-electron chi connectivity index (χ4n) is 3.73. The SMILES string of the molecule is O=C(N1CCN(S(=O)(=O)c2cccc(Cl)c2)CC1)C1(c2ccc(Cl)cc2)CC1. The molecule has 0 unspecified atom stereocenters. The van der Waals surface area contributed by atoms with Crippen LogP contribution in [0, 0.1) is 0 Å². The number of carbonyl (C=O) groups excluding carboxylic acids is 1. The summed E-state index contributed by atoms with van der Waals surface area (Å²) in [6.07, 6.45) is 1.63. The maximum Gasteiger partial charge on any atom is 0.243 e. The van der Waals surface area contributed by atoms with E-state index in [1.165, 1.54) is 10.4 Å². The summed E-state index contributed by atoms with van der Waals surface area (Å²) in [6.45, 7) is 1.32. The summed E-state index contributed by atoms with van der Waals surface area (Å²) in [5, 5.41) is 1.03. The molecule has 0 spiro atoms. The van der Waals surface area contributed by atoms with Crippen molar-refractivity contribution < 1.29 is 13.2 Å². The van der Waals surface area contributed by atoms with Crippen LogP contribution in [0.25, 0.3) is 0 Å². The molecule has 8 heteroatoms. The van der Waals surface area contributed by atoms with Gasteiger partial charge in [0.05, 0.1) is 10.3 Å². The van der Waals surface area contributed by atoms with E-state index in [0.717, 1.165) is 18.4 Å². The number of hydrogen-bond acceptors (Lipinski definition) is 3. The van der Waals surface area contributed by atoms with Crippen LogP contribution in [0.5, 0.6) is 0 Å². The molecule has 2 aliphatic rings. The lowest BCUT2D eigenvalue weighted by Crippen LogP contribution is -2.52. The van der Waals surface area contributed by atoms with Crippen LogP contribution in [-0.2, 0) is 20.2 Å². The third-order valence-corrected chi connectivity index (χ3v) is 7.90. The van der Waals surface area contributed by atoms with Gasteiger partial charge in [0.2, 0.25) is 15.9 Å². The van der Waals surface area contributed by atoms with Gasteiger partial charge < -0.3 is 4.90 Å². The molecule has 0 atom stereocenters. The molecular formula is C20H20Cl2N2O3S. The van der Waals surface area contributed by atoms with Crippen molar-refractivity contribution in [2.45, 2.75) is 23.2 Å². The Morgan fingerprint density at radius 2 is 1.54 bits per heavy atom. The number of carbonyl (C=O) groups is 1. The molecule has 28 heavy (non-hydrogen) atoms. The highest BCUT2D eigenvalue weighted by Crippen LogP contribution is 2.50. The van der Waals surface area contributed by atoms with Crippen molar-refractivity contribution in [1.29, 1.82) is 0 Å². The van der Waals surface area contributed by atoms with E-state index >= 15 is 0 Å². The van der Waals surface area contributed by atoms with E-state index in [1.54, 1.807) is 35.2 Å². The molecule has 2 fully saturated rings. The Bertz CT molecular complexity index is 996. The van der Waals surface area contributed by atoms with Crippen LogP contribution in [0.4, 0.5) is 0 Å². The lowest BCUT2D eigenvalue weighted by atomic mass is 9.94. The van der Waals surface area contributed by atoms with Crippen molar-refractivity contribution in [3.63, 3.8) is 0 Å². The van der Waals surface area contributed by atoms with Gasteiger partial charge in [-0.25, -0.2) is 8.42 Å². The van der Waals surface area contributed by atoms with E-state index in [2.05, 4.69) is 0 Å². The number of amides is 1. The van der Waals surface area contributed by atoms with Gasteiger partial charge in [-0.05, 0) is 48.7 Å². The number of benzene rings is 2. The van der Waals surface area contributed by atoms with E-state index in [-0.39, 0.29) is 23.9 Å². The molecule has 0 radical (unpaired) electrons. The molecule has 0 N–H and O–H groups in total. The minimum absolute atomic E-state index is 0.0784. The van der Waals surface area contributed by atoms with E-state index < -0.39 is 15.4 Å². The van der Waals surface area contributed by atoms with Gasteiger partial charge in [-0.3, -0.25) is 4.79 Å². The highest BCUT2D eigenvalue weighted by atomic mass is 35.5. The molecule has 1 aliphatic carbocycles. The van der Waals surface area contributed by atoms with Crippen LogP contribution in [0.15, 0.2) is 53.4 Å². The first-order valence-corrected chi connectivity index (χ1v) is 11.3. The van der Waals surface area contributed by atoms with E-state index in [1.807, 2.05) is 12.1 Å². The van der Waals surface area contributed by atoms with Gasteiger partial charge >= 0.3 is 0 Å². The minimum atomic E-state index is -3.61. The summed E-state index contributed by atoms with van der Waals surface area (Å²) in [7, 11) is -3.61. The van der Waals surface area contributed by atoms with Crippen LogP contribution < -0.4 is 0 Å². The van der Waals surface area contributed by atoms with Crippen LogP contribution in [0.3, 0.4) is 0 Å². The Hall–Kier alpha value is -1.60. The first-order valence-electron chi connectivity index (χ1n) is 9.14. The summed E-state index contributed by atoms with van der Waals surface area (Å²) in [5.74, 6) is 0.0784. The second-order valence-corrected chi connectivity index (χ2v) is 10.1. The number of rotatable bonds is 4. The molecule has 5 nitrogen and oxygen atoms in total. The Morgan fingerprint density at radius 3 is 2.11 bits per heavy atom. The maximum atomic E-state index is 13.1. The van der Waals surface area contributed by atoms with Crippen molar-refractivity contribution in [3.05, 3.63) is 64.1 Å². The zero-order chi connectivity index (χ0) is 19.9. The molecule has 1 aliphatic heterocycles. The molecule has 2 aromatic rings. The molecule has 148 valence electrons. The molecule has 1 heterocycles. The number of nitrogens with zero attached hydrogens (tertiary/aromatic N) is 2. The topological polar surface area (TPSA) is 57.7 Å². The molecule has 4 rings (SSSR count). The lowest BCUT2D eigenvalue weighted by molar-refractivity contribution is -0.135. The van der Waals surface area contributed by atoms with Crippen molar-refractivity contribution in [3.8, 4) is 0 Å². The van der Waals surface area contributed by atoms with Crippen molar-refractivity contribution in [2.75, 3.05) is 26.2 Å². The number of piperazine rings is 1. The predicted octanol–water partition coefficient (Wildman–Crippen LogP) is 3.56. The molecular weight excluding hydrogens is 419 g/mol. The zero-order valence-electron chi connectivity index (χ0n) is 15.1. The smallest absolute Gasteiger partial charge is 0.243 e.